The molecule has 0 fully saturated rings. The van der Waals surface area contributed by atoms with E-state index in [9.17, 15) is 0 Å². The van der Waals surface area contributed by atoms with Crippen molar-refractivity contribution in [1.82, 2.24) is 9.88 Å². The predicted molar refractivity (Wildman–Crippen MR) is 83.6 cm³/mol. The second-order valence-electron chi connectivity index (χ2n) is 5.79. The van der Waals surface area contributed by atoms with Crippen LogP contribution in [0.2, 0.25) is 0 Å². The largest absolute Gasteiger partial charge is 0.444 e. The van der Waals surface area contributed by atoms with Crippen LogP contribution in [0.1, 0.15) is 26.5 Å². The number of oxazole rings is 1. The van der Waals surface area contributed by atoms with E-state index < -0.39 is 0 Å². The molecule has 0 aliphatic heterocycles. The zero-order valence-electron chi connectivity index (χ0n) is 12.4. The first-order valence-corrected chi connectivity index (χ1v) is 7.83. The molecule has 4 nitrogen and oxygen atoms in total. The van der Waals surface area contributed by atoms with Gasteiger partial charge >= 0.3 is 0 Å². The van der Waals surface area contributed by atoms with Crippen molar-refractivity contribution >= 4 is 11.3 Å². The van der Waals surface area contributed by atoms with Gasteiger partial charge in [-0.3, -0.25) is 4.90 Å². The van der Waals surface area contributed by atoms with Gasteiger partial charge in [-0.15, -0.1) is 11.3 Å². The van der Waals surface area contributed by atoms with E-state index in [-0.39, 0.29) is 5.41 Å². The van der Waals surface area contributed by atoms with E-state index in [1.807, 2.05) is 17.5 Å². The molecule has 0 saturated carbocycles. The lowest BCUT2D eigenvalue weighted by molar-refractivity contribution is 0.182. The minimum Gasteiger partial charge on any atom is -0.444 e. The third-order valence-electron chi connectivity index (χ3n) is 3.32. The number of hydrogen-bond donors (Lipinski definition) is 1. The number of nitrogens with zero attached hydrogens (tertiary/aromatic N) is 2. The molecule has 2 N–H and O–H groups in total. The normalized spacial score (nSPS) is 12.2. The number of aromatic nitrogens is 1. The lowest BCUT2D eigenvalue weighted by Crippen LogP contribution is -2.38. The molecular formula is C15H23N3OS. The summed E-state index contributed by atoms with van der Waals surface area (Å²) >= 11 is 1.64. The van der Waals surface area contributed by atoms with Gasteiger partial charge in [-0.25, -0.2) is 4.98 Å². The van der Waals surface area contributed by atoms with Crippen LogP contribution in [0.15, 0.2) is 28.2 Å². The molecule has 5 heteroatoms. The van der Waals surface area contributed by atoms with Crippen molar-refractivity contribution in [2.75, 3.05) is 19.6 Å². The smallest absolute Gasteiger partial charge is 0.236 e. The molecule has 0 atom stereocenters. The first-order chi connectivity index (χ1) is 9.54. The zero-order chi connectivity index (χ0) is 14.6. The van der Waals surface area contributed by atoms with E-state index >= 15 is 0 Å². The third kappa shape index (κ3) is 3.91. The first kappa shape index (κ1) is 15.2. The van der Waals surface area contributed by atoms with Gasteiger partial charge in [-0.05, 0) is 30.0 Å². The van der Waals surface area contributed by atoms with Crippen LogP contribution in [0.25, 0.3) is 10.8 Å². The standard InChI is InChI=1S/C15H23N3OS/c1-4-18(11-15(2,3)10-16)8-12-9-19-14(17-12)13-6-5-7-20-13/h5-7,9H,4,8,10-11,16H2,1-3H3. The number of rotatable bonds is 7. The highest BCUT2D eigenvalue weighted by atomic mass is 32.1. The van der Waals surface area contributed by atoms with Crippen LogP contribution < -0.4 is 5.73 Å². The molecular weight excluding hydrogens is 270 g/mol. The maximum Gasteiger partial charge on any atom is 0.236 e. The Bertz CT molecular complexity index is 519. The van der Waals surface area contributed by atoms with Crippen LogP contribution in [0.4, 0.5) is 0 Å². The Morgan fingerprint density at radius 2 is 2.25 bits per heavy atom. The third-order valence-corrected chi connectivity index (χ3v) is 4.18. The molecule has 2 aromatic rings. The molecule has 110 valence electrons. The van der Waals surface area contributed by atoms with Crippen molar-refractivity contribution in [2.24, 2.45) is 11.1 Å². The van der Waals surface area contributed by atoms with Crippen LogP contribution in [0, 0.1) is 5.41 Å². The van der Waals surface area contributed by atoms with Gasteiger partial charge in [-0.1, -0.05) is 26.8 Å². The molecule has 0 unspecified atom stereocenters. The Hall–Kier alpha value is -1.17. The van der Waals surface area contributed by atoms with Gasteiger partial charge < -0.3 is 10.2 Å². The van der Waals surface area contributed by atoms with E-state index in [0.717, 1.165) is 30.2 Å². The van der Waals surface area contributed by atoms with Gasteiger partial charge in [0.15, 0.2) is 0 Å². The van der Waals surface area contributed by atoms with Crippen molar-refractivity contribution in [3.63, 3.8) is 0 Å². The van der Waals surface area contributed by atoms with Gasteiger partial charge in [0, 0.05) is 13.1 Å². The molecule has 0 radical (unpaired) electrons. The van der Waals surface area contributed by atoms with Gasteiger partial charge in [0.05, 0.1) is 10.6 Å². The van der Waals surface area contributed by atoms with Crippen molar-refractivity contribution in [1.29, 1.82) is 0 Å². The summed E-state index contributed by atoms with van der Waals surface area (Å²) in [5.74, 6) is 0.712. The number of nitrogens with two attached hydrogens (primary N) is 1. The molecule has 0 amide bonds. The fourth-order valence-corrected chi connectivity index (χ4v) is 2.73. The lowest BCUT2D eigenvalue weighted by atomic mass is 9.93. The molecule has 0 aliphatic carbocycles. The quantitative estimate of drug-likeness (QED) is 0.851. The summed E-state index contributed by atoms with van der Waals surface area (Å²) in [6.07, 6.45) is 1.76. The molecule has 2 aromatic heterocycles. The fourth-order valence-electron chi connectivity index (χ4n) is 2.07. The van der Waals surface area contributed by atoms with Crippen molar-refractivity contribution in [2.45, 2.75) is 27.3 Å². The van der Waals surface area contributed by atoms with Crippen LogP contribution in [0.5, 0.6) is 0 Å². The molecule has 0 saturated heterocycles. The monoisotopic (exact) mass is 293 g/mol. The Balaban J connectivity index is 2.01. The highest BCUT2D eigenvalue weighted by Gasteiger charge is 2.20. The predicted octanol–water partition coefficient (Wildman–Crippen LogP) is 3.21. The Labute approximate surface area is 124 Å². The molecule has 0 spiro atoms. The van der Waals surface area contributed by atoms with Gasteiger partial charge in [-0.2, -0.15) is 0 Å². The summed E-state index contributed by atoms with van der Waals surface area (Å²) in [4.78, 5) is 7.99. The van der Waals surface area contributed by atoms with E-state index in [1.165, 1.54) is 0 Å². The van der Waals surface area contributed by atoms with Gasteiger partial charge in [0.2, 0.25) is 5.89 Å². The topological polar surface area (TPSA) is 55.3 Å². The lowest BCUT2D eigenvalue weighted by Gasteiger charge is -2.30. The minimum absolute atomic E-state index is 0.121. The average molecular weight is 293 g/mol. The molecule has 0 bridgehead atoms. The highest BCUT2D eigenvalue weighted by molar-refractivity contribution is 7.13. The number of hydrogen-bond acceptors (Lipinski definition) is 5. The van der Waals surface area contributed by atoms with Crippen LogP contribution in [-0.4, -0.2) is 29.5 Å². The van der Waals surface area contributed by atoms with Crippen LogP contribution >= 0.6 is 11.3 Å². The molecule has 2 heterocycles. The molecule has 0 aliphatic rings. The zero-order valence-corrected chi connectivity index (χ0v) is 13.2. The SMILES string of the molecule is CCN(Cc1coc(-c2cccs2)n1)CC(C)(C)CN. The van der Waals surface area contributed by atoms with Crippen molar-refractivity contribution in [3.8, 4) is 10.8 Å². The highest BCUT2D eigenvalue weighted by Crippen LogP contribution is 2.24. The fraction of sp³-hybridized carbons (Fsp3) is 0.533. The second kappa shape index (κ2) is 6.52. The molecule has 2 rings (SSSR count). The van der Waals surface area contributed by atoms with E-state index in [0.29, 0.717) is 12.4 Å². The Morgan fingerprint density at radius 3 is 2.85 bits per heavy atom. The van der Waals surface area contributed by atoms with Crippen LogP contribution in [-0.2, 0) is 6.54 Å². The van der Waals surface area contributed by atoms with E-state index in [2.05, 4.69) is 30.7 Å². The van der Waals surface area contributed by atoms with E-state index in [4.69, 9.17) is 10.2 Å². The Morgan fingerprint density at radius 1 is 1.45 bits per heavy atom. The van der Waals surface area contributed by atoms with Crippen molar-refractivity contribution < 1.29 is 4.42 Å². The summed E-state index contributed by atoms with van der Waals surface area (Å²) in [6, 6.07) is 4.03. The molecule has 20 heavy (non-hydrogen) atoms. The number of thiophene rings is 1. The van der Waals surface area contributed by atoms with Crippen LogP contribution in [0.3, 0.4) is 0 Å². The maximum absolute atomic E-state index is 5.81. The second-order valence-corrected chi connectivity index (χ2v) is 6.74. The summed E-state index contributed by atoms with van der Waals surface area (Å²) in [7, 11) is 0. The average Bonchev–Trinajstić information content (AvgIpc) is 3.08. The Kier molecular flexibility index (Phi) is 4.96. The summed E-state index contributed by atoms with van der Waals surface area (Å²) in [5, 5.41) is 2.03. The van der Waals surface area contributed by atoms with Gasteiger partial charge in [0.25, 0.3) is 0 Å². The maximum atomic E-state index is 5.81. The molecule has 0 aromatic carbocycles. The first-order valence-electron chi connectivity index (χ1n) is 6.95. The van der Waals surface area contributed by atoms with Gasteiger partial charge in [0.1, 0.15) is 6.26 Å². The summed E-state index contributed by atoms with van der Waals surface area (Å²) in [6.45, 7) is 9.96. The minimum atomic E-state index is 0.121. The van der Waals surface area contributed by atoms with E-state index in [1.54, 1.807) is 17.6 Å². The van der Waals surface area contributed by atoms with Crippen molar-refractivity contribution in [3.05, 3.63) is 29.5 Å². The summed E-state index contributed by atoms with van der Waals surface area (Å²) in [5.41, 5.74) is 6.91. The summed E-state index contributed by atoms with van der Waals surface area (Å²) < 4.78 is 5.56.